The fourth-order valence-corrected chi connectivity index (χ4v) is 6.57. The number of carbonyl (C=O) groups is 1. The number of carbonyl (C=O) groups excluding carboxylic acids is 1. The SMILES string of the molecule is C[C@]12CC[C@@H]3c4ccc(O)c(-c5ccc(OC(F)(F)F)cc5)c4CC[C@H]3[C@@H]1CCC2=O. The van der Waals surface area contributed by atoms with Gasteiger partial charge in [0.2, 0.25) is 0 Å². The Kier molecular flexibility index (Phi) is 4.61. The molecule has 31 heavy (non-hydrogen) atoms. The highest BCUT2D eigenvalue weighted by Crippen LogP contribution is 2.60. The highest BCUT2D eigenvalue weighted by atomic mass is 19.4. The van der Waals surface area contributed by atoms with Crippen LogP contribution in [0.3, 0.4) is 0 Å². The van der Waals surface area contributed by atoms with E-state index in [1.807, 2.05) is 6.07 Å². The van der Waals surface area contributed by atoms with Gasteiger partial charge in [0.25, 0.3) is 0 Å². The van der Waals surface area contributed by atoms with E-state index in [9.17, 15) is 23.1 Å². The van der Waals surface area contributed by atoms with Crippen LogP contribution in [0.1, 0.15) is 56.1 Å². The molecule has 2 aromatic rings. The summed E-state index contributed by atoms with van der Waals surface area (Å²) >= 11 is 0. The lowest BCUT2D eigenvalue weighted by Crippen LogP contribution is -2.42. The zero-order valence-electron chi connectivity index (χ0n) is 17.3. The second-order valence-corrected chi connectivity index (χ2v) is 9.43. The van der Waals surface area contributed by atoms with Gasteiger partial charge in [0.05, 0.1) is 0 Å². The van der Waals surface area contributed by atoms with Crippen molar-refractivity contribution in [3.8, 4) is 22.6 Å². The van der Waals surface area contributed by atoms with Crippen molar-refractivity contribution in [2.75, 3.05) is 0 Å². The molecule has 5 rings (SSSR count). The summed E-state index contributed by atoms with van der Waals surface area (Å²) in [4.78, 5) is 12.5. The largest absolute Gasteiger partial charge is 0.573 e. The molecule has 0 aliphatic heterocycles. The van der Waals surface area contributed by atoms with Gasteiger partial charge in [-0.3, -0.25) is 4.79 Å². The first-order valence-electron chi connectivity index (χ1n) is 10.9. The lowest BCUT2D eigenvalue weighted by atomic mass is 9.55. The normalized spacial score (nSPS) is 29.8. The average molecular weight is 430 g/mol. The number of phenols is 1. The first-order valence-corrected chi connectivity index (χ1v) is 10.9. The summed E-state index contributed by atoms with van der Waals surface area (Å²) in [5, 5.41) is 10.6. The molecule has 1 N–H and O–H groups in total. The molecule has 4 atom stereocenters. The van der Waals surface area contributed by atoms with Crippen LogP contribution in [0.25, 0.3) is 11.1 Å². The van der Waals surface area contributed by atoms with E-state index < -0.39 is 6.36 Å². The molecular formula is C25H25F3O3. The minimum atomic E-state index is -4.73. The molecular weight excluding hydrogens is 405 g/mol. The maximum Gasteiger partial charge on any atom is 0.573 e. The van der Waals surface area contributed by atoms with Crippen molar-refractivity contribution in [2.45, 2.75) is 57.7 Å². The number of hydrogen-bond donors (Lipinski definition) is 1. The molecule has 2 saturated carbocycles. The first-order chi connectivity index (χ1) is 14.7. The van der Waals surface area contributed by atoms with Crippen molar-refractivity contribution < 1.29 is 27.8 Å². The molecule has 3 aliphatic carbocycles. The number of alkyl halides is 3. The topological polar surface area (TPSA) is 46.5 Å². The molecule has 0 heterocycles. The molecule has 0 saturated heterocycles. The third-order valence-corrected chi connectivity index (χ3v) is 7.98. The Balaban J connectivity index is 1.50. The van der Waals surface area contributed by atoms with Crippen molar-refractivity contribution >= 4 is 5.78 Å². The summed E-state index contributed by atoms with van der Waals surface area (Å²) in [6, 6.07) is 9.40. The van der Waals surface area contributed by atoms with Gasteiger partial charge >= 0.3 is 6.36 Å². The van der Waals surface area contributed by atoms with E-state index in [0.29, 0.717) is 41.1 Å². The Morgan fingerprint density at radius 2 is 1.77 bits per heavy atom. The summed E-state index contributed by atoms with van der Waals surface area (Å²) in [7, 11) is 0. The highest BCUT2D eigenvalue weighted by molar-refractivity contribution is 5.87. The van der Waals surface area contributed by atoms with E-state index in [2.05, 4.69) is 11.7 Å². The number of ether oxygens (including phenoxy) is 1. The number of Topliss-reactive ketones (excluding diaryl/α,β-unsaturated/α-hetero) is 1. The van der Waals surface area contributed by atoms with Crippen LogP contribution in [0.2, 0.25) is 0 Å². The number of halogens is 3. The molecule has 0 spiro atoms. The Morgan fingerprint density at radius 3 is 2.48 bits per heavy atom. The number of benzene rings is 2. The van der Waals surface area contributed by atoms with Crippen LogP contribution < -0.4 is 4.74 Å². The highest BCUT2D eigenvalue weighted by Gasteiger charge is 2.54. The number of aromatic hydroxyl groups is 1. The number of hydrogen-bond acceptors (Lipinski definition) is 3. The Bertz CT molecular complexity index is 1030. The maximum absolute atomic E-state index is 12.5. The average Bonchev–Trinajstić information content (AvgIpc) is 3.02. The Labute approximate surface area is 179 Å². The predicted molar refractivity (Wildman–Crippen MR) is 110 cm³/mol. The zero-order valence-corrected chi connectivity index (χ0v) is 17.3. The minimum absolute atomic E-state index is 0.137. The molecule has 3 aliphatic rings. The van der Waals surface area contributed by atoms with Gasteiger partial charge < -0.3 is 9.84 Å². The summed E-state index contributed by atoms with van der Waals surface area (Å²) in [5.41, 5.74) is 3.50. The van der Waals surface area contributed by atoms with Crippen molar-refractivity contribution in [1.82, 2.24) is 0 Å². The van der Waals surface area contributed by atoms with Gasteiger partial charge in [-0.2, -0.15) is 0 Å². The summed E-state index contributed by atoms with van der Waals surface area (Å²) in [6.45, 7) is 2.14. The summed E-state index contributed by atoms with van der Waals surface area (Å²) in [5.74, 6) is 1.52. The lowest BCUT2D eigenvalue weighted by molar-refractivity contribution is -0.274. The first kappa shape index (κ1) is 20.4. The molecule has 2 fully saturated rings. The van der Waals surface area contributed by atoms with E-state index in [4.69, 9.17) is 0 Å². The van der Waals surface area contributed by atoms with Crippen molar-refractivity contribution in [3.63, 3.8) is 0 Å². The van der Waals surface area contributed by atoms with E-state index in [-0.39, 0.29) is 16.9 Å². The van der Waals surface area contributed by atoms with Crippen LogP contribution in [0.5, 0.6) is 11.5 Å². The number of rotatable bonds is 2. The van der Waals surface area contributed by atoms with E-state index in [0.717, 1.165) is 37.7 Å². The van der Waals surface area contributed by atoms with Gasteiger partial charge in [-0.15, -0.1) is 13.2 Å². The second-order valence-electron chi connectivity index (χ2n) is 9.43. The Hall–Kier alpha value is -2.50. The molecule has 0 amide bonds. The fourth-order valence-electron chi connectivity index (χ4n) is 6.57. The van der Waals surface area contributed by atoms with Crippen molar-refractivity contribution in [3.05, 3.63) is 47.5 Å². The second kappa shape index (κ2) is 7.01. The van der Waals surface area contributed by atoms with Crippen molar-refractivity contribution in [2.24, 2.45) is 17.3 Å². The van der Waals surface area contributed by atoms with E-state index in [1.165, 1.54) is 17.7 Å². The standard InChI is InChI=1S/C25H25F3O3/c1-24-13-12-17-16-8-10-21(29)23(14-2-4-15(5-3-14)31-25(26,27)28)19(16)7-6-18(17)20(24)9-11-22(24)30/h2-5,8,10,17-18,20,29H,6-7,9,11-13H2,1H3/t17-,18-,20+,24+/m1/s1. The van der Waals surface area contributed by atoms with Crippen LogP contribution in [0, 0.1) is 17.3 Å². The van der Waals surface area contributed by atoms with Gasteiger partial charge in [-0.25, -0.2) is 0 Å². The maximum atomic E-state index is 12.5. The molecule has 0 bridgehead atoms. The van der Waals surface area contributed by atoms with E-state index in [1.54, 1.807) is 18.2 Å². The van der Waals surface area contributed by atoms with Gasteiger partial charge in [-0.05, 0) is 84.7 Å². The minimum Gasteiger partial charge on any atom is -0.507 e. The van der Waals surface area contributed by atoms with Gasteiger partial charge in [0, 0.05) is 17.4 Å². The van der Waals surface area contributed by atoms with Crippen LogP contribution in [-0.4, -0.2) is 17.3 Å². The van der Waals surface area contributed by atoms with Crippen LogP contribution in [0.4, 0.5) is 13.2 Å². The third kappa shape index (κ3) is 3.31. The molecule has 164 valence electrons. The van der Waals surface area contributed by atoms with Crippen LogP contribution in [0.15, 0.2) is 36.4 Å². The monoisotopic (exact) mass is 430 g/mol. The molecule has 6 heteroatoms. The third-order valence-electron chi connectivity index (χ3n) is 7.98. The smallest absolute Gasteiger partial charge is 0.507 e. The summed E-state index contributed by atoms with van der Waals surface area (Å²) < 4.78 is 41.4. The molecule has 3 nitrogen and oxygen atoms in total. The number of phenolic OH excluding ortho intramolecular Hbond substituents is 1. The van der Waals surface area contributed by atoms with Gasteiger partial charge in [0.15, 0.2) is 0 Å². The molecule has 0 unspecified atom stereocenters. The van der Waals surface area contributed by atoms with Crippen LogP contribution in [-0.2, 0) is 11.2 Å². The molecule has 0 radical (unpaired) electrons. The van der Waals surface area contributed by atoms with Gasteiger partial charge in [-0.1, -0.05) is 25.1 Å². The number of ketones is 1. The van der Waals surface area contributed by atoms with E-state index >= 15 is 0 Å². The molecule has 0 aromatic heterocycles. The zero-order chi connectivity index (χ0) is 22.0. The molecule has 2 aromatic carbocycles. The fraction of sp³-hybridized carbons (Fsp3) is 0.480. The quantitative estimate of drug-likeness (QED) is 0.601. The Morgan fingerprint density at radius 1 is 1.03 bits per heavy atom. The van der Waals surface area contributed by atoms with Crippen molar-refractivity contribution in [1.29, 1.82) is 0 Å². The number of fused-ring (bicyclic) bond motifs is 5. The predicted octanol–water partition coefficient (Wildman–Crippen LogP) is 6.38. The van der Waals surface area contributed by atoms with Crippen LogP contribution >= 0.6 is 0 Å². The van der Waals surface area contributed by atoms with Gasteiger partial charge in [0.1, 0.15) is 17.3 Å². The lowest BCUT2D eigenvalue weighted by Gasteiger charge is -2.48. The summed E-state index contributed by atoms with van der Waals surface area (Å²) in [6.07, 6.45) is 0.540.